The molecule has 0 radical (unpaired) electrons. The Balaban J connectivity index is 2.21. The van der Waals surface area contributed by atoms with Gasteiger partial charge in [0.15, 0.2) is 0 Å². The van der Waals surface area contributed by atoms with Gasteiger partial charge in [-0.05, 0) is 59.2 Å². The molecule has 0 amide bonds. The zero-order valence-corrected chi connectivity index (χ0v) is 10.7. The molecule has 0 saturated heterocycles. The van der Waals surface area contributed by atoms with Gasteiger partial charge in [0.1, 0.15) is 0 Å². The Labute approximate surface area is 108 Å². The fourth-order valence-electron chi connectivity index (χ4n) is 3.31. The zero-order valence-electron chi connectivity index (χ0n) is 10.7. The van der Waals surface area contributed by atoms with E-state index in [1.54, 1.807) is 0 Å². The second kappa shape index (κ2) is 3.58. The third-order valence-corrected chi connectivity index (χ3v) is 4.22. The molecule has 0 atom stereocenters. The molecule has 2 aliphatic rings. The number of rotatable bonds is 0. The monoisotopic (exact) mass is 232 g/mol. The molecule has 0 nitrogen and oxygen atoms in total. The van der Waals surface area contributed by atoms with Gasteiger partial charge in [-0.3, -0.25) is 0 Å². The summed E-state index contributed by atoms with van der Waals surface area (Å²) in [5.41, 5.74) is 7.31. The summed E-state index contributed by atoms with van der Waals surface area (Å²) in [7, 11) is 0. The molecule has 88 valence electrons. The molecule has 0 N–H and O–H groups in total. The van der Waals surface area contributed by atoms with E-state index in [1.807, 2.05) is 0 Å². The molecular weight excluding hydrogens is 216 g/mol. The lowest BCUT2D eigenvalue weighted by Gasteiger charge is -2.16. The van der Waals surface area contributed by atoms with Crippen LogP contribution in [0.25, 0.3) is 22.9 Å². The van der Waals surface area contributed by atoms with Crippen LogP contribution in [-0.2, 0) is 12.8 Å². The van der Waals surface area contributed by atoms with Crippen LogP contribution in [0.3, 0.4) is 0 Å². The van der Waals surface area contributed by atoms with Crippen LogP contribution in [0.2, 0.25) is 0 Å². The minimum Gasteiger partial charge on any atom is -0.0795 e. The molecule has 2 aliphatic carbocycles. The van der Waals surface area contributed by atoms with E-state index in [9.17, 15) is 0 Å². The second-order valence-corrected chi connectivity index (χ2v) is 5.48. The first-order valence-electron chi connectivity index (χ1n) is 6.74. The summed E-state index contributed by atoms with van der Waals surface area (Å²) < 4.78 is 0. The average molecular weight is 232 g/mol. The van der Waals surface area contributed by atoms with Crippen molar-refractivity contribution in [3.8, 4) is 0 Å². The third kappa shape index (κ3) is 1.32. The highest BCUT2D eigenvalue weighted by molar-refractivity contribution is 6.02. The van der Waals surface area contributed by atoms with E-state index in [-0.39, 0.29) is 0 Å². The molecule has 0 spiro atoms. The van der Waals surface area contributed by atoms with Crippen LogP contribution in [-0.4, -0.2) is 0 Å². The summed E-state index contributed by atoms with van der Waals surface area (Å²) in [6, 6.07) is 9.23. The summed E-state index contributed by atoms with van der Waals surface area (Å²) in [5, 5.41) is 3.00. The Hall–Kier alpha value is -1.82. The quantitative estimate of drug-likeness (QED) is 0.614. The van der Waals surface area contributed by atoms with Crippen molar-refractivity contribution in [2.75, 3.05) is 0 Å². The molecular formula is C18H16. The van der Waals surface area contributed by atoms with Crippen LogP contribution in [0.4, 0.5) is 0 Å². The van der Waals surface area contributed by atoms with E-state index in [4.69, 9.17) is 0 Å². The Morgan fingerprint density at radius 1 is 0.833 bits per heavy atom. The number of hydrogen-bond donors (Lipinski definition) is 0. The first-order chi connectivity index (χ1) is 8.83. The molecule has 0 unspecified atom stereocenters. The van der Waals surface area contributed by atoms with Gasteiger partial charge in [-0.15, -0.1) is 0 Å². The van der Waals surface area contributed by atoms with Crippen molar-refractivity contribution in [2.24, 2.45) is 0 Å². The summed E-state index contributed by atoms with van der Waals surface area (Å²) in [6.07, 6.45) is 10.4. The maximum atomic E-state index is 2.37. The Morgan fingerprint density at radius 3 is 2.56 bits per heavy atom. The number of allylic oxidation sites excluding steroid dienone is 2. The van der Waals surface area contributed by atoms with Gasteiger partial charge < -0.3 is 0 Å². The van der Waals surface area contributed by atoms with Crippen LogP contribution < -0.4 is 0 Å². The Bertz CT molecular complexity index is 714. The number of benzene rings is 2. The second-order valence-electron chi connectivity index (χ2n) is 5.48. The van der Waals surface area contributed by atoms with Crippen LogP contribution in [0.5, 0.6) is 0 Å². The molecule has 18 heavy (non-hydrogen) atoms. The number of aryl methyl sites for hydroxylation is 1. The fourth-order valence-corrected chi connectivity index (χ4v) is 3.31. The average Bonchev–Trinajstić information content (AvgIpc) is 2.56. The highest BCUT2D eigenvalue weighted by atomic mass is 14.2. The molecule has 0 aromatic heterocycles. The van der Waals surface area contributed by atoms with Gasteiger partial charge in [-0.2, -0.15) is 0 Å². The van der Waals surface area contributed by atoms with Crippen molar-refractivity contribution < 1.29 is 0 Å². The SMILES string of the molecule is CC1=Cc2ccc3c4c(ccc(c24)CC1)CC=C3. The van der Waals surface area contributed by atoms with Crippen LogP contribution >= 0.6 is 0 Å². The van der Waals surface area contributed by atoms with Gasteiger partial charge >= 0.3 is 0 Å². The minimum absolute atomic E-state index is 1.08. The van der Waals surface area contributed by atoms with Crippen molar-refractivity contribution >= 4 is 22.9 Å². The van der Waals surface area contributed by atoms with Gasteiger partial charge in [0.25, 0.3) is 0 Å². The smallest absolute Gasteiger partial charge is 0.00675 e. The highest BCUT2D eigenvalue weighted by Crippen LogP contribution is 2.36. The lowest BCUT2D eigenvalue weighted by Crippen LogP contribution is -1.97. The molecule has 0 fully saturated rings. The molecule has 2 aromatic carbocycles. The predicted molar refractivity (Wildman–Crippen MR) is 78.7 cm³/mol. The van der Waals surface area contributed by atoms with Crippen LogP contribution in [0.15, 0.2) is 35.9 Å². The maximum absolute atomic E-state index is 2.37. The lowest BCUT2D eigenvalue weighted by molar-refractivity contribution is 0.961. The largest absolute Gasteiger partial charge is 0.0795 e. The lowest BCUT2D eigenvalue weighted by atomic mass is 9.88. The molecule has 0 saturated carbocycles. The highest BCUT2D eigenvalue weighted by Gasteiger charge is 2.15. The summed E-state index contributed by atoms with van der Waals surface area (Å²) in [5.74, 6) is 0. The van der Waals surface area contributed by atoms with E-state index in [1.165, 1.54) is 51.4 Å². The molecule has 0 heterocycles. The first kappa shape index (κ1) is 10.1. The predicted octanol–water partition coefficient (Wildman–Crippen LogP) is 4.76. The Morgan fingerprint density at radius 2 is 1.61 bits per heavy atom. The maximum Gasteiger partial charge on any atom is -0.00675 e. The van der Waals surface area contributed by atoms with Crippen molar-refractivity contribution in [2.45, 2.75) is 26.2 Å². The van der Waals surface area contributed by atoms with Crippen LogP contribution in [0, 0.1) is 0 Å². The summed E-state index contributed by atoms with van der Waals surface area (Å²) in [6.45, 7) is 2.25. The van der Waals surface area contributed by atoms with Gasteiger partial charge in [0, 0.05) is 0 Å². The van der Waals surface area contributed by atoms with Gasteiger partial charge in [0.05, 0.1) is 0 Å². The third-order valence-electron chi connectivity index (χ3n) is 4.22. The summed E-state index contributed by atoms with van der Waals surface area (Å²) in [4.78, 5) is 0. The van der Waals surface area contributed by atoms with E-state index in [0.29, 0.717) is 0 Å². The van der Waals surface area contributed by atoms with Crippen LogP contribution in [0.1, 0.15) is 35.6 Å². The van der Waals surface area contributed by atoms with E-state index >= 15 is 0 Å². The topological polar surface area (TPSA) is 0 Å². The normalized spacial score (nSPS) is 16.6. The molecule has 0 heteroatoms. The van der Waals surface area contributed by atoms with E-state index in [0.717, 1.165) is 6.42 Å². The molecule has 2 aromatic rings. The standard InChI is InChI=1S/C18H16/c1-12-5-6-15-8-7-13-3-2-4-14-9-10-16(11-12)18(15)17(13)14/h2,4,7-11H,3,5-6H2,1H3. The first-order valence-corrected chi connectivity index (χ1v) is 6.74. The van der Waals surface area contributed by atoms with Gasteiger partial charge in [-0.1, -0.05) is 48.1 Å². The van der Waals surface area contributed by atoms with Crippen molar-refractivity contribution in [3.05, 3.63) is 58.2 Å². The number of hydrogen-bond acceptors (Lipinski definition) is 0. The molecule has 0 aliphatic heterocycles. The van der Waals surface area contributed by atoms with E-state index < -0.39 is 0 Å². The van der Waals surface area contributed by atoms with Gasteiger partial charge in [-0.25, -0.2) is 0 Å². The van der Waals surface area contributed by atoms with Crippen molar-refractivity contribution in [1.82, 2.24) is 0 Å². The van der Waals surface area contributed by atoms with E-state index in [2.05, 4.69) is 49.4 Å². The molecule has 0 bridgehead atoms. The minimum atomic E-state index is 1.08. The van der Waals surface area contributed by atoms with Gasteiger partial charge in [0.2, 0.25) is 0 Å². The molecule has 4 rings (SSSR count). The fraction of sp³-hybridized carbons (Fsp3) is 0.222. The Kier molecular flexibility index (Phi) is 2.02. The van der Waals surface area contributed by atoms with Crippen molar-refractivity contribution in [3.63, 3.8) is 0 Å². The van der Waals surface area contributed by atoms with Crippen molar-refractivity contribution in [1.29, 1.82) is 0 Å². The zero-order chi connectivity index (χ0) is 12.1. The summed E-state index contributed by atoms with van der Waals surface area (Å²) >= 11 is 0.